The van der Waals surface area contributed by atoms with E-state index in [1.807, 2.05) is 18.2 Å². The molecule has 2 aromatic rings. The topological polar surface area (TPSA) is 180 Å². The van der Waals surface area contributed by atoms with Crippen molar-refractivity contribution in [3.63, 3.8) is 0 Å². The van der Waals surface area contributed by atoms with E-state index in [0.29, 0.717) is 40.7 Å². The number of amides is 4. The highest BCUT2D eigenvalue weighted by Gasteiger charge is 2.30. The predicted octanol–water partition coefficient (Wildman–Crippen LogP) is 8.64. The van der Waals surface area contributed by atoms with Crippen LogP contribution in [0.15, 0.2) is 54.6 Å². The van der Waals surface area contributed by atoms with Gasteiger partial charge in [-0.05, 0) is 164 Å². The second-order valence-corrected chi connectivity index (χ2v) is 18.8. The number of ketones is 1. The summed E-state index contributed by atoms with van der Waals surface area (Å²) in [6, 6.07) is 16.6. The zero-order chi connectivity index (χ0) is 45.1. The third-order valence-electron chi connectivity index (χ3n) is 13.9. The average Bonchev–Trinajstić information content (AvgIpc) is 3.30. The first-order valence-corrected chi connectivity index (χ1v) is 24.0. The van der Waals surface area contributed by atoms with Crippen molar-refractivity contribution >= 4 is 30.0 Å². The lowest BCUT2D eigenvalue weighted by molar-refractivity contribution is -0.119. The summed E-state index contributed by atoms with van der Waals surface area (Å²) in [7, 11) is 1.55. The summed E-state index contributed by atoms with van der Waals surface area (Å²) in [4.78, 5) is 61.8. The molecule has 4 saturated carbocycles. The molecule has 0 spiro atoms. The molecule has 4 fully saturated rings. The molecule has 0 bridgehead atoms. The van der Waals surface area contributed by atoms with Gasteiger partial charge in [-0.3, -0.25) is 9.59 Å². The molecule has 14 nitrogen and oxygen atoms in total. The standard InChI is InChI=1S/C50H72N4O10/c1-34(55)51-41-18-8-35(9-19-41)30-36-10-20-42(21-11-36)52-48(57)61-28-29-62-49(58)53-43-22-12-37(13-23-43)31-38-14-24-44(25-15-38)54-50(59)64-46(32-60-2)33-63-45-26-16-40(17-27-45)47(56)39-6-4-3-5-7-39/h3-7,16-17,26-27,35-38,41-44,46H,8-15,18-25,28-33H2,1-2H3,(H,51,55)(H,52,57)(H,53,58)(H,54,59). The van der Waals surface area contributed by atoms with Crippen molar-refractivity contribution in [1.82, 2.24) is 21.3 Å². The summed E-state index contributed by atoms with van der Waals surface area (Å²) < 4.78 is 27.5. The quantitative estimate of drug-likeness (QED) is 0.0606. The highest BCUT2D eigenvalue weighted by molar-refractivity contribution is 6.09. The van der Waals surface area contributed by atoms with Gasteiger partial charge in [-0.1, -0.05) is 30.3 Å². The Balaban J connectivity index is 0.761. The van der Waals surface area contributed by atoms with Gasteiger partial charge in [-0.25, -0.2) is 14.4 Å². The van der Waals surface area contributed by atoms with Gasteiger partial charge in [-0.15, -0.1) is 0 Å². The van der Waals surface area contributed by atoms with Crippen LogP contribution in [-0.2, 0) is 23.7 Å². The molecule has 1 atom stereocenters. The Morgan fingerprint density at radius 1 is 0.516 bits per heavy atom. The summed E-state index contributed by atoms with van der Waals surface area (Å²) in [5.74, 6) is 3.23. The molecule has 4 N–H and O–H groups in total. The molecule has 14 heteroatoms. The summed E-state index contributed by atoms with van der Waals surface area (Å²) in [6.07, 6.45) is 16.9. The fraction of sp³-hybridized carbons (Fsp3) is 0.660. The minimum atomic E-state index is -0.599. The summed E-state index contributed by atoms with van der Waals surface area (Å²) in [5, 5.41) is 12.1. The van der Waals surface area contributed by atoms with Crippen molar-refractivity contribution in [2.45, 2.75) is 153 Å². The Morgan fingerprint density at radius 2 is 0.922 bits per heavy atom. The molecular formula is C50H72N4O10. The number of rotatable bonds is 19. The first-order valence-electron chi connectivity index (χ1n) is 24.0. The second-order valence-electron chi connectivity index (χ2n) is 18.8. The van der Waals surface area contributed by atoms with Crippen LogP contribution in [0, 0.1) is 23.7 Å². The first kappa shape index (κ1) is 48.6. The molecule has 0 radical (unpaired) electrons. The molecule has 64 heavy (non-hydrogen) atoms. The molecule has 2 aromatic carbocycles. The van der Waals surface area contributed by atoms with Gasteiger partial charge < -0.3 is 45.0 Å². The maximum atomic E-state index is 12.9. The van der Waals surface area contributed by atoms with Crippen LogP contribution < -0.4 is 26.0 Å². The molecule has 4 aliphatic carbocycles. The van der Waals surface area contributed by atoms with Crippen LogP contribution in [0.3, 0.4) is 0 Å². The van der Waals surface area contributed by atoms with Crippen LogP contribution in [0.1, 0.15) is 138 Å². The van der Waals surface area contributed by atoms with Gasteiger partial charge in [0, 0.05) is 49.3 Å². The smallest absolute Gasteiger partial charge is 0.407 e. The van der Waals surface area contributed by atoms with Gasteiger partial charge in [0.05, 0.1) is 6.61 Å². The van der Waals surface area contributed by atoms with Gasteiger partial charge in [0.15, 0.2) is 11.9 Å². The molecule has 0 saturated heterocycles. The van der Waals surface area contributed by atoms with E-state index in [9.17, 15) is 24.0 Å². The van der Waals surface area contributed by atoms with Crippen molar-refractivity contribution < 1.29 is 47.7 Å². The fourth-order valence-corrected chi connectivity index (χ4v) is 10.4. The molecule has 6 rings (SSSR count). The second kappa shape index (κ2) is 25.6. The Bertz CT molecular complexity index is 1750. The molecule has 0 aromatic heterocycles. The Morgan fingerprint density at radius 3 is 1.34 bits per heavy atom. The van der Waals surface area contributed by atoms with E-state index in [2.05, 4.69) is 21.3 Å². The van der Waals surface area contributed by atoms with E-state index in [1.165, 1.54) is 19.3 Å². The van der Waals surface area contributed by atoms with E-state index < -0.39 is 24.4 Å². The summed E-state index contributed by atoms with van der Waals surface area (Å²) >= 11 is 0. The zero-order valence-corrected chi connectivity index (χ0v) is 38.0. The van der Waals surface area contributed by atoms with Gasteiger partial charge in [0.2, 0.25) is 5.91 Å². The minimum absolute atomic E-state index is 0.0128. The minimum Gasteiger partial charge on any atom is -0.490 e. The van der Waals surface area contributed by atoms with Crippen LogP contribution in [0.25, 0.3) is 0 Å². The predicted molar refractivity (Wildman–Crippen MR) is 242 cm³/mol. The highest BCUT2D eigenvalue weighted by atomic mass is 16.6. The summed E-state index contributed by atoms with van der Waals surface area (Å²) in [6.45, 7) is 1.92. The van der Waals surface area contributed by atoms with E-state index >= 15 is 0 Å². The van der Waals surface area contributed by atoms with E-state index in [4.69, 9.17) is 23.7 Å². The monoisotopic (exact) mass is 889 g/mol. The first-order chi connectivity index (χ1) is 31.1. The fourth-order valence-electron chi connectivity index (χ4n) is 10.4. The van der Waals surface area contributed by atoms with Crippen LogP contribution in [-0.4, -0.2) is 93.8 Å². The summed E-state index contributed by atoms with van der Waals surface area (Å²) in [5.41, 5.74) is 1.19. The number of methoxy groups -OCH3 is 1. The molecular weight excluding hydrogens is 817 g/mol. The van der Waals surface area contributed by atoms with Crippen LogP contribution in [0.4, 0.5) is 14.4 Å². The maximum absolute atomic E-state index is 12.9. The number of benzene rings is 2. The molecule has 0 heterocycles. The van der Waals surface area contributed by atoms with Gasteiger partial charge in [0.25, 0.3) is 0 Å². The molecule has 1 unspecified atom stereocenters. The number of carbonyl (C=O) groups excluding carboxylic acids is 5. The number of alkyl carbamates (subject to hydrolysis) is 3. The van der Waals surface area contributed by atoms with Crippen molar-refractivity contribution in [2.75, 3.05) is 33.5 Å². The van der Waals surface area contributed by atoms with Crippen molar-refractivity contribution in [2.24, 2.45) is 23.7 Å². The number of carbonyl (C=O) groups is 5. The van der Waals surface area contributed by atoms with Crippen molar-refractivity contribution in [3.05, 3.63) is 65.7 Å². The number of ether oxygens (including phenoxy) is 5. The molecule has 4 aliphatic rings. The Hall–Kier alpha value is -4.85. The van der Waals surface area contributed by atoms with Crippen LogP contribution in [0.2, 0.25) is 0 Å². The van der Waals surface area contributed by atoms with Crippen molar-refractivity contribution in [3.8, 4) is 5.75 Å². The largest absolute Gasteiger partial charge is 0.490 e. The third kappa shape index (κ3) is 16.6. The van der Waals surface area contributed by atoms with Gasteiger partial charge in [-0.2, -0.15) is 0 Å². The molecule has 4 amide bonds. The van der Waals surface area contributed by atoms with E-state index in [0.717, 1.165) is 102 Å². The number of hydrogen-bond donors (Lipinski definition) is 4. The maximum Gasteiger partial charge on any atom is 0.407 e. The lowest BCUT2D eigenvalue weighted by Gasteiger charge is -2.34. The molecule has 352 valence electrons. The lowest BCUT2D eigenvalue weighted by Crippen LogP contribution is -2.41. The SMILES string of the molecule is COCC(COc1ccc(C(=O)c2ccccc2)cc1)OC(=O)NC1CCC(CC2CCC(NC(=O)OCCOC(=O)NC3CCC(CC4CCC(NC(C)=O)CC4)CC3)CC2)CC1. The van der Waals surface area contributed by atoms with E-state index in [-0.39, 0.29) is 56.2 Å². The van der Waals surface area contributed by atoms with Crippen molar-refractivity contribution in [1.29, 1.82) is 0 Å². The highest BCUT2D eigenvalue weighted by Crippen LogP contribution is 2.37. The lowest BCUT2D eigenvalue weighted by atomic mass is 9.75. The Kier molecular flexibility index (Phi) is 19.4. The number of hydrogen-bond acceptors (Lipinski definition) is 10. The van der Waals surface area contributed by atoms with Crippen LogP contribution in [0.5, 0.6) is 5.75 Å². The number of nitrogens with one attached hydrogen (secondary N) is 4. The normalized spacial score (nSPS) is 26.3. The van der Waals surface area contributed by atoms with E-state index in [1.54, 1.807) is 50.4 Å². The van der Waals surface area contributed by atoms with Gasteiger partial charge >= 0.3 is 18.3 Å². The van der Waals surface area contributed by atoms with Gasteiger partial charge in [0.1, 0.15) is 25.6 Å². The third-order valence-corrected chi connectivity index (χ3v) is 13.9. The molecule has 0 aliphatic heterocycles. The van der Waals surface area contributed by atoms with Crippen LogP contribution >= 0.6 is 0 Å². The zero-order valence-electron chi connectivity index (χ0n) is 38.0. The Labute approximate surface area is 379 Å². The average molecular weight is 889 g/mol.